The molecule has 0 saturated carbocycles. The van der Waals surface area contributed by atoms with Crippen molar-refractivity contribution in [2.75, 3.05) is 25.2 Å². The Kier molecular flexibility index (Phi) is 6.71. The highest BCUT2D eigenvalue weighted by Crippen LogP contribution is 2.31. The van der Waals surface area contributed by atoms with Crippen LogP contribution in [0.1, 0.15) is 20.8 Å². The van der Waals surface area contributed by atoms with E-state index in [1.807, 2.05) is 56.5 Å². The van der Waals surface area contributed by atoms with Crippen LogP contribution in [0.25, 0.3) is 21.3 Å². The van der Waals surface area contributed by atoms with E-state index in [4.69, 9.17) is 5.84 Å². The molecular weight excluding hydrogens is 434 g/mol. The van der Waals surface area contributed by atoms with Crippen LogP contribution in [0.3, 0.4) is 0 Å². The Hall–Kier alpha value is -2.85. The maximum absolute atomic E-state index is 12.9. The molecule has 0 aliphatic carbocycles. The van der Waals surface area contributed by atoms with Gasteiger partial charge in [-0.1, -0.05) is 42.1 Å². The summed E-state index contributed by atoms with van der Waals surface area (Å²) in [6.07, 6.45) is 0. The number of aromatic nitrogens is 2. The average molecular weight is 460 g/mol. The fourth-order valence-corrected chi connectivity index (χ4v) is 4.76. The molecule has 0 saturated heterocycles. The number of carbonyl (C=O) groups excluding carboxylic acids is 2. The first-order chi connectivity index (χ1) is 14.6. The zero-order valence-electron chi connectivity index (χ0n) is 17.8. The molecule has 31 heavy (non-hydrogen) atoms. The second-order valence-electron chi connectivity index (χ2n) is 8.10. The molecule has 0 aliphatic heterocycles. The summed E-state index contributed by atoms with van der Waals surface area (Å²) in [5.74, 6) is 5.50. The SMILES string of the molecule is CN(CC(=O)NC(C)(C)C)C(=O)CSc1nc2scc(-c3ccccc3)c2c(=O)n1N. The van der Waals surface area contributed by atoms with Gasteiger partial charge in [-0.2, -0.15) is 0 Å². The molecule has 3 N–H and O–H groups in total. The number of thioether (sulfide) groups is 1. The summed E-state index contributed by atoms with van der Waals surface area (Å²) in [5.41, 5.74) is 0.968. The Morgan fingerprint density at radius 3 is 2.58 bits per heavy atom. The summed E-state index contributed by atoms with van der Waals surface area (Å²) in [6, 6.07) is 9.57. The van der Waals surface area contributed by atoms with Crippen LogP contribution in [0.4, 0.5) is 0 Å². The van der Waals surface area contributed by atoms with E-state index in [-0.39, 0.29) is 40.4 Å². The van der Waals surface area contributed by atoms with Gasteiger partial charge in [0.05, 0.1) is 17.7 Å². The molecule has 8 nitrogen and oxygen atoms in total. The molecule has 0 unspecified atom stereocenters. The standard InChI is InChI=1S/C21H25N5O3S2/c1-21(2,3)24-15(27)10-25(4)16(28)12-31-20-23-18-17(19(29)26(20)22)14(11-30-18)13-8-6-5-7-9-13/h5-9,11H,10,12,22H2,1-4H3,(H,24,27). The van der Waals surface area contributed by atoms with Crippen LogP contribution in [-0.4, -0.2) is 51.3 Å². The second-order valence-corrected chi connectivity index (χ2v) is 9.90. The monoisotopic (exact) mass is 459 g/mol. The Bertz CT molecular complexity index is 1170. The molecule has 10 heteroatoms. The molecule has 3 aromatic rings. The third kappa shape index (κ3) is 5.45. The quantitative estimate of drug-likeness (QED) is 0.333. The number of likely N-dealkylation sites (N-methyl/N-ethyl adjacent to an activating group) is 1. The van der Waals surface area contributed by atoms with E-state index in [1.165, 1.54) is 16.2 Å². The van der Waals surface area contributed by atoms with Crippen molar-refractivity contribution in [2.45, 2.75) is 31.5 Å². The Labute approximate surface area is 188 Å². The zero-order valence-corrected chi connectivity index (χ0v) is 19.5. The summed E-state index contributed by atoms with van der Waals surface area (Å²) in [5, 5.41) is 5.41. The van der Waals surface area contributed by atoms with Crippen LogP contribution in [-0.2, 0) is 9.59 Å². The molecule has 2 amide bonds. The summed E-state index contributed by atoms with van der Waals surface area (Å²) in [7, 11) is 1.56. The molecule has 0 aliphatic rings. The molecule has 3 rings (SSSR count). The lowest BCUT2D eigenvalue weighted by Crippen LogP contribution is -2.46. The van der Waals surface area contributed by atoms with E-state index >= 15 is 0 Å². The highest BCUT2D eigenvalue weighted by Gasteiger charge is 2.20. The topological polar surface area (TPSA) is 110 Å². The minimum Gasteiger partial charge on any atom is -0.350 e. The van der Waals surface area contributed by atoms with Crippen molar-refractivity contribution in [3.8, 4) is 11.1 Å². The third-order valence-corrected chi connectivity index (χ3v) is 6.15. The number of fused-ring (bicyclic) bond motifs is 1. The zero-order chi connectivity index (χ0) is 22.8. The summed E-state index contributed by atoms with van der Waals surface area (Å²) < 4.78 is 0.978. The molecule has 0 radical (unpaired) electrons. The number of nitrogens with zero attached hydrogens (tertiary/aromatic N) is 3. The Balaban J connectivity index is 1.74. The van der Waals surface area contributed by atoms with Gasteiger partial charge in [0.25, 0.3) is 5.56 Å². The van der Waals surface area contributed by atoms with Crippen LogP contribution in [0.15, 0.2) is 45.7 Å². The van der Waals surface area contributed by atoms with Gasteiger partial charge in [-0.25, -0.2) is 9.66 Å². The number of carbonyl (C=O) groups is 2. The van der Waals surface area contributed by atoms with Gasteiger partial charge in [0.2, 0.25) is 11.8 Å². The van der Waals surface area contributed by atoms with Crippen molar-refractivity contribution in [1.82, 2.24) is 19.9 Å². The molecule has 0 bridgehead atoms. The fourth-order valence-electron chi connectivity index (χ4n) is 2.91. The Morgan fingerprint density at radius 2 is 1.94 bits per heavy atom. The summed E-state index contributed by atoms with van der Waals surface area (Å²) in [6.45, 7) is 5.57. The minimum absolute atomic E-state index is 0.00532. The van der Waals surface area contributed by atoms with Crippen molar-refractivity contribution in [1.29, 1.82) is 0 Å². The van der Waals surface area contributed by atoms with E-state index in [0.29, 0.717) is 10.2 Å². The number of hydrogen-bond acceptors (Lipinski definition) is 7. The largest absolute Gasteiger partial charge is 0.350 e. The van der Waals surface area contributed by atoms with Gasteiger partial charge in [0.1, 0.15) is 4.83 Å². The first-order valence-electron chi connectivity index (χ1n) is 9.59. The number of rotatable bonds is 6. The van der Waals surface area contributed by atoms with Crippen LogP contribution in [0.2, 0.25) is 0 Å². The smallest absolute Gasteiger partial charge is 0.282 e. The van der Waals surface area contributed by atoms with Gasteiger partial charge in [0.15, 0.2) is 5.16 Å². The van der Waals surface area contributed by atoms with Crippen molar-refractivity contribution < 1.29 is 9.59 Å². The highest BCUT2D eigenvalue weighted by atomic mass is 32.2. The molecule has 164 valence electrons. The number of benzene rings is 1. The number of nitrogens with one attached hydrogen (secondary N) is 1. The van der Waals surface area contributed by atoms with Crippen molar-refractivity contribution in [3.05, 3.63) is 46.1 Å². The van der Waals surface area contributed by atoms with Gasteiger partial charge in [0, 0.05) is 23.5 Å². The Morgan fingerprint density at radius 1 is 1.26 bits per heavy atom. The number of amides is 2. The van der Waals surface area contributed by atoms with Crippen LogP contribution < -0.4 is 16.7 Å². The van der Waals surface area contributed by atoms with Gasteiger partial charge < -0.3 is 16.1 Å². The van der Waals surface area contributed by atoms with E-state index in [9.17, 15) is 14.4 Å². The van der Waals surface area contributed by atoms with Crippen molar-refractivity contribution in [3.63, 3.8) is 0 Å². The van der Waals surface area contributed by atoms with E-state index in [2.05, 4.69) is 10.3 Å². The van der Waals surface area contributed by atoms with Crippen LogP contribution in [0, 0.1) is 0 Å². The number of nitrogen functional groups attached to an aromatic ring is 1. The van der Waals surface area contributed by atoms with Gasteiger partial charge >= 0.3 is 0 Å². The van der Waals surface area contributed by atoms with Gasteiger partial charge in [-0.3, -0.25) is 14.4 Å². The molecule has 0 fully saturated rings. The predicted molar refractivity (Wildman–Crippen MR) is 126 cm³/mol. The molecule has 0 spiro atoms. The molecule has 1 aromatic carbocycles. The lowest BCUT2D eigenvalue weighted by atomic mass is 10.1. The van der Waals surface area contributed by atoms with E-state index in [1.54, 1.807) is 7.05 Å². The summed E-state index contributed by atoms with van der Waals surface area (Å²) in [4.78, 5) is 43.8. The lowest BCUT2D eigenvalue weighted by molar-refractivity contribution is -0.133. The fraction of sp³-hybridized carbons (Fsp3) is 0.333. The van der Waals surface area contributed by atoms with E-state index < -0.39 is 0 Å². The normalized spacial score (nSPS) is 11.5. The maximum atomic E-state index is 12.9. The molecular formula is C21H25N5O3S2. The molecule has 2 aromatic heterocycles. The van der Waals surface area contributed by atoms with Crippen LogP contribution in [0.5, 0.6) is 0 Å². The molecule has 0 atom stereocenters. The first kappa shape index (κ1) is 22.8. The average Bonchev–Trinajstić information content (AvgIpc) is 3.12. The van der Waals surface area contributed by atoms with Gasteiger partial charge in [-0.05, 0) is 26.3 Å². The third-order valence-electron chi connectivity index (χ3n) is 4.34. The van der Waals surface area contributed by atoms with Gasteiger partial charge in [-0.15, -0.1) is 11.3 Å². The number of thiophene rings is 1. The first-order valence-corrected chi connectivity index (χ1v) is 11.5. The molecule has 2 heterocycles. The lowest BCUT2D eigenvalue weighted by Gasteiger charge is -2.23. The predicted octanol–water partition coefficient (Wildman–Crippen LogP) is 2.30. The highest BCUT2D eigenvalue weighted by molar-refractivity contribution is 7.99. The van der Waals surface area contributed by atoms with E-state index in [0.717, 1.165) is 27.6 Å². The van der Waals surface area contributed by atoms with Crippen LogP contribution >= 0.6 is 23.1 Å². The minimum atomic E-state index is -0.371. The van der Waals surface area contributed by atoms with Crippen molar-refractivity contribution in [2.24, 2.45) is 0 Å². The second kappa shape index (κ2) is 9.11. The number of nitrogens with two attached hydrogens (primary N) is 1. The number of hydrogen-bond donors (Lipinski definition) is 2. The van der Waals surface area contributed by atoms with Crippen molar-refractivity contribution >= 4 is 45.1 Å². The summed E-state index contributed by atoms with van der Waals surface area (Å²) >= 11 is 2.43. The maximum Gasteiger partial charge on any atom is 0.282 e.